The number of hydrogen-bond donors (Lipinski definition) is 1. The molecule has 0 saturated heterocycles. The van der Waals surface area contributed by atoms with Gasteiger partial charge in [0, 0.05) is 20.2 Å². The van der Waals surface area contributed by atoms with Crippen molar-refractivity contribution in [2.45, 2.75) is 6.92 Å². The summed E-state index contributed by atoms with van der Waals surface area (Å²) in [6, 6.07) is 0. The third kappa shape index (κ3) is 3.85. The largest absolute Gasteiger partial charge is 0.380 e. The molecular weight excluding hydrogens is 218 g/mol. The predicted octanol–water partition coefficient (Wildman–Crippen LogP) is 0.580. The fourth-order valence-electron chi connectivity index (χ4n) is 0.971. The number of hydrogen-bond acceptors (Lipinski definition) is 6. The number of nitrogen functional groups attached to an aromatic ring is 1. The van der Waals surface area contributed by atoms with E-state index in [-0.39, 0.29) is 11.2 Å². The number of likely N-dealkylation sites (N-methyl/N-ethyl adjacent to an activating group) is 1. The summed E-state index contributed by atoms with van der Waals surface area (Å²) in [4.78, 5) is 13.4. The second-order valence-corrected chi connectivity index (χ2v) is 3.22. The first kappa shape index (κ1) is 11.9. The van der Waals surface area contributed by atoms with E-state index in [9.17, 15) is 0 Å². The van der Waals surface area contributed by atoms with Crippen LogP contribution in [0.25, 0.3) is 0 Å². The van der Waals surface area contributed by atoms with Gasteiger partial charge in [0.2, 0.25) is 17.2 Å². The van der Waals surface area contributed by atoms with E-state index in [0.29, 0.717) is 25.7 Å². The zero-order chi connectivity index (χ0) is 11.3. The second-order valence-electron chi connectivity index (χ2n) is 2.88. The smallest absolute Gasteiger partial charge is 0.231 e. The van der Waals surface area contributed by atoms with Gasteiger partial charge in [-0.3, -0.25) is 0 Å². The molecule has 0 fully saturated rings. The molecule has 0 bridgehead atoms. The number of rotatable bonds is 5. The number of halogens is 1. The van der Waals surface area contributed by atoms with E-state index in [1.54, 1.807) is 4.90 Å². The van der Waals surface area contributed by atoms with Gasteiger partial charge in [-0.25, -0.2) is 0 Å². The molecule has 1 heterocycles. The van der Waals surface area contributed by atoms with Crippen LogP contribution in [-0.2, 0) is 4.74 Å². The second kappa shape index (κ2) is 5.67. The average Bonchev–Trinajstić information content (AvgIpc) is 2.16. The summed E-state index contributed by atoms with van der Waals surface area (Å²) in [5.74, 6) is 0.570. The molecule has 1 rings (SSSR count). The van der Waals surface area contributed by atoms with Gasteiger partial charge in [-0.05, 0) is 18.5 Å². The Balaban J connectivity index is 2.60. The maximum Gasteiger partial charge on any atom is 0.231 e. The van der Waals surface area contributed by atoms with Crippen molar-refractivity contribution in [3.8, 4) is 0 Å². The molecular formula is C8H14ClN5O. The Morgan fingerprint density at radius 3 is 2.73 bits per heavy atom. The topological polar surface area (TPSA) is 77.2 Å². The lowest BCUT2D eigenvalue weighted by Gasteiger charge is -2.16. The highest BCUT2D eigenvalue weighted by Gasteiger charge is 2.07. The molecule has 15 heavy (non-hydrogen) atoms. The molecule has 0 unspecified atom stereocenters. The van der Waals surface area contributed by atoms with Gasteiger partial charge in [0.1, 0.15) is 0 Å². The van der Waals surface area contributed by atoms with Gasteiger partial charge in [0.15, 0.2) is 0 Å². The first-order valence-corrected chi connectivity index (χ1v) is 4.97. The van der Waals surface area contributed by atoms with Crippen LogP contribution < -0.4 is 10.6 Å². The third-order valence-corrected chi connectivity index (χ3v) is 1.90. The summed E-state index contributed by atoms with van der Waals surface area (Å²) in [5.41, 5.74) is 5.45. The van der Waals surface area contributed by atoms with Crippen LogP contribution in [0.5, 0.6) is 0 Å². The van der Waals surface area contributed by atoms with E-state index in [1.165, 1.54) is 0 Å². The first-order valence-electron chi connectivity index (χ1n) is 4.59. The molecule has 0 aliphatic heterocycles. The Morgan fingerprint density at radius 2 is 2.13 bits per heavy atom. The quantitative estimate of drug-likeness (QED) is 0.747. The Bertz CT molecular complexity index is 302. The summed E-state index contributed by atoms with van der Waals surface area (Å²) in [6.45, 7) is 3.91. The van der Waals surface area contributed by atoms with Crippen molar-refractivity contribution in [1.82, 2.24) is 15.0 Å². The lowest BCUT2D eigenvalue weighted by molar-refractivity contribution is 0.154. The van der Waals surface area contributed by atoms with Crippen LogP contribution in [-0.4, -0.2) is 41.8 Å². The molecule has 84 valence electrons. The summed E-state index contributed by atoms with van der Waals surface area (Å²) < 4.78 is 5.21. The van der Waals surface area contributed by atoms with Crippen LogP contribution in [0.2, 0.25) is 5.28 Å². The molecule has 0 amide bonds. The van der Waals surface area contributed by atoms with Crippen LogP contribution in [0.3, 0.4) is 0 Å². The molecule has 7 heteroatoms. The molecule has 0 atom stereocenters. The van der Waals surface area contributed by atoms with Gasteiger partial charge >= 0.3 is 0 Å². The number of ether oxygens (including phenoxy) is 1. The molecule has 0 radical (unpaired) electrons. The minimum atomic E-state index is 0.0979. The predicted molar refractivity (Wildman–Crippen MR) is 59.0 cm³/mol. The molecule has 0 aromatic carbocycles. The van der Waals surface area contributed by atoms with Crippen molar-refractivity contribution in [3.05, 3.63) is 5.28 Å². The van der Waals surface area contributed by atoms with Crippen LogP contribution in [0, 0.1) is 0 Å². The maximum atomic E-state index is 5.66. The highest BCUT2D eigenvalue weighted by Crippen LogP contribution is 2.09. The highest BCUT2D eigenvalue weighted by molar-refractivity contribution is 6.28. The third-order valence-electron chi connectivity index (χ3n) is 1.73. The zero-order valence-electron chi connectivity index (χ0n) is 8.77. The van der Waals surface area contributed by atoms with Crippen molar-refractivity contribution in [2.75, 3.05) is 37.4 Å². The SMILES string of the molecule is CCOCCN(C)c1nc(N)nc(Cl)n1. The van der Waals surface area contributed by atoms with E-state index in [0.717, 1.165) is 0 Å². The Kier molecular flexibility index (Phi) is 4.51. The van der Waals surface area contributed by atoms with Gasteiger partial charge in [-0.15, -0.1) is 0 Å². The normalized spacial score (nSPS) is 10.3. The van der Waals surface area contributed by atoms with Crippen molar-refractivity contribution in [3.63, 3.8) is 0 Å². The van der Waals surface area contributed by atoms with Crippen LogP contribution in [0.15, 0.2) is 0 Å². The Hall–Kier alpha value is -1.14. The fourth-order valence-corrected chi connectivity index (χ4v) is 1.13. The van der Waals surface area contributed by atoms with E-state index in [2.05, 4.69) is 15.0 Å². The zero-order valence-corrected chi connectivity index (χ0v) is 9.53. The Labute approximate surface area is 93.4 Å². The van der Waals surface area contributed by atoms with Gasteiger partial charge in [-0.1, -0.05) is 0 Å². The van der Waals surface area contributed by atoms with Gasteiger partial charge < -0.3 is 15.4 Å². The van der Waals surface area contributed by atoms with E-state index in [4.69, 9.17) is 22.1 Å². The maximum absolute atomic E-state index is 5.66. The molecule has 0 aliphatic rings. The molecule has 2 N–H and O–H groups in total. The number of nitrogens with two attached hydrogens (primary N) is 1. The number of aromatic nitrogens is 3. The van der Waals surface area contributed by atoms with Crippen molar-refractivity contribution in [1.29, 1.82) is 0 Å². The van der Waals surface area contributed by atoms with Crippen LogP contribution in [0.4, 0.5) is 11.9 Å². The summed E-state index contributed by atoms with van der Waals surface area (Å²) >= 11 is 5.66. The molecule has 0 saturated carbocycles. The first-order chi connectivity index (χ1) is 7.13. The van der Waals surface area contributed by atoms with E-state index < -0.39 is 0 Å². The molecule has 6 nitrogen and oxygen atoms in total. The monoisotopic (exact) mass is 231 g/mol. The lowest BCUT2D eigenvalue weighted by atomic mass is 10.6. The number of anilines is 2. The van der Waals surface area contributed by atoms with Crippen molar-refractivity contribution >= 4 is 23.5 Å². The van der Waals surface area contributed by atoms with Crippen LogP contribution >= 0.6 is 11.6 Å². The van der Waals surface area contributed by atoms with Crippen molar-refractivity contribution in [2.24, 2.45) is 0 Å². The minimum absolute atomic E-state index is 0.0979. The van der Waals surface area contributed by atoms with Crippen molar-refractivity contribution < 1.29 is 4.74 Å². The molecule has 0 aliphatic carbocycles. The number of nitrogens with zero attached hydrogens (tertiary/aromatic N) is 4. The van der Waals surface area contributed by atoms with Gasteiger partial charge in [-0.2, -0.15) is 15.0 Å². The van der Waals surface area contributed by atoms with Crippen LogP contribution in [0.1, 0.15) is 6.92 Å². The summed E-state index contributed by atoms with van der Waals surface area (Å²) in [7, 11) is 1.84. The molecule has 0 spiro atoms. The Morgan fingerprint density at radius 1 is 1.40 bits per heavy atom. The minimum Gasteiger partial charge on any atom is -0.380 e. The summed E-state index contributed by atoms with van der Waals surface area (Å²) in [6.07, 6.45) is 0. The lowest BCUT2D eigenvalue weighted by Crippen LogP contribution is -2.25. The standard InChI is InChI=1S/C8H14ClN5O/c1-3-15-5-4-14(2)8-12-6(9)11-7(10)13-8/h3-5H2,1-2H3,(H2,10,11,12,13). The fraction of sp³-hybridized carbons (Fsp3) is 0.625. The highest BCUT2D eigenvalue weighted by atomic mass is 35.5. The molecule has 1 aromatic heterocycles. The molecule has 1 aromatic rings. The average molecular weight is 232 g/mol. The van der Waals surface area contributed by atoms with Gasteiger partial charge in [0.05, 0.1) is 6.61 Å². The van der Waals surface area contributed by atoms with E-state index >= 15 is 0 Å². The summed E-state index contributed by atoms with van der Waals surface area (Å²) in [5, 5.41) is 0.0979. The van der Waals surface area contributed by atoms with Gasteiger partial charge in [0.25, 0.3) is 0 Å². The van der Waals surface area contributed by atoms with E-state index in [1.807, 2.05) is 14.0 Å².